The largest absolute Gasteiger partial charge is 0.490 e. The van der Waals surface area contributed by atoms with Gasteiger partial charge in [-0.3, -0.25) is 4.79 Å². The summed E-state index contributed by atoms with van der Waals surface area (Å²) in [5, 5.41) is 5.73. The maximum absolute atomic E-state index is 12.3. The van der Waals surface area contributed by atoms with Gasteiger partial charge in [-0.2, -0.15) is 0 Å². The number of aromatic nitrogens is 1. The smallest absolute Gasteiger partial charge is 0.255 e. The van der Waals surface area contributed by atoms with E-state index in [1.54, 1.807) is 43.6 Å². The molecule has 0 aliphatic heterocycles. The standard InChI is InChI=1S/C17H21N3O3/c1-4-22-14-8-6-12(10-15(14)23-5-2)17(21)20-13-7-9-16(18-3)19-11-13/h6-11H,4-5H2,1-3H3,(H,18,19)(H,20,21). The van der Waals surface area contributed by atoms with Crippen LogP contribution < -0.4 is 20.1 Å². The summed E-state index contributed by atoms with van der Waals surface area (Å²) in [6.45, 7) is 4.82. The average Bonchev–Trinajstić information content (AvgIpc) is 2.57. The Morgan fingerprint density at radius 3 is 2.43 bits per heavy atom. The molecule has 0 fully saturated rings. The zero-order valence-corrected chi connectivity index (χ0v) is 13.6. The van der Waals surface area contributed by atoms with Gasteiger partial charge in [0.1, 0.15) is 5.82 Å². The molecule has 6 nitrogen and oxygen atoms in total. The molecule has 2 rings (SSSR count). The number of ether oxygens (including phenoxy) is 2. The van der Waals surface area contributed by atoms with Crippen LogP contribution in [-0.2, 0) is 0 Å². The van der Waals surface area contributed by atoms with Crippen molar-refractivity contribution in [2.75, 3.05) is 30.9 Å². The van der Waals surface area contributed by atoms with Gasteiger partial charge in [0.15, 0.2) is 11.5 Å². The summed E-state index contributed by atoms with van der Waals surface area (Å²) in [5.74, 6) is 1.70. The molecule has 0 bridgehead atoms. The fraction of sp³-hybridized carbons (Fsp3) is 0.294. The summed E-state index contributed by atoms with van der Waals surface area (Å²) < 4.78 is 11.0. The molecule has 0 aliphatic rings. The Morgan fingerprint density at radius 2 is 1.83 bits per heavy atom. The van der Waals surface area contributed by atoms with Gasteiger partial charge in [-0.15, -0.1) is 0 Å². The molecule has 0 saturated heterocycles. The van der Waals surface area contributed by atoms with Gasteiger partial charge in [0.05, 0.1) is 25.1 Å². The lowest BCUT2D eigenvalue weighted by atomic mass is 10.2. The minimum absolute atomic E-state index is 0.229. The Morgan fingerprint density at radius 1 is 1.09 bits per heavy atom. The van der Waals surface area contributed by atoms with E-state index in [1.165, 1.54) is 0 Å². The van der Waals surface area contributed by atoms with Gasteiger partial charge in [0.25, 0.3) is 5.91 Å². The third kappa shape index (κ3) is 4.35. The zero-order chi connectivity index (χ0) is 16.7. The highest BCUT2D eigenvalue weighted by molar-refractivity contribution is 6.04. The molecule has 122 valence electrons. The topological polar surface area (TPSA) is 72.5 Å². The van der Waals surface area contributed by atoms with Crippen LogP contribution in [0.4, 0.5) is 11.5 Å². The molecule has 0 spiro atoms. The summed E-state index contributed by atoms with van der Waals surface area (Å²) >= 11 is 0. The lowest BCUT2D eigenvalue weighted by molar-refractivity contribution is 0.102. The quantitative estimate of drug-likeness (QED) is 0.821. The van der Waals surface area contributed by atoms with Gasteiger partial charge in [0, 0.05) is 12.6 Å². The number of rotatable bonds is 7. The van der Waals surface area contributed by atoms with Crippen LogP contribution in [0.3, 0.4) is 0 Å². The molecule has 0 atom stereocenters. The molecule has 1 aromatic carbocycles. The van der Waals surface area contributed by atoms with Crippen molar-refractivity contribution in [2.24, 2.45) is 0 Å². The highest BCUT2D eigenvalue weighted by atomic mass is 16.5. The highest BCUT2D eigenvalue weighted by Crippen LogP contribution is 2.28. The normalized spacial score (nSPS) is 10.0. The summed E-state index contributed by atoms with van der Waals surface area (Å²) in [6.07, 6.45) is 1.60. The molecule has 1 aromatic heterocycles. The number of pyridine rings is 1. The molecule has 2 aromatic rings. The number of carbonyl (C=O) groups excluding carboxylic acids is 1. The third-order valence-corrected chi connectivity index (χ3v) is 3.08. The third-order valence-electron chi connectivity index (χ3n) is 3.08. The number of nitrogens with zero attached hydrogens (tertiary/aromatic N) is 1. The van der Waals surface area contributed by atoms with Crippen LogP contribution in [0.2, 0.25) is 0 Å². The van der Waals surface area contributed by atoms with E-state index in [2.05, 4.69) is 15.6 Å². The van der Waals surface area contributed by atoms with Crippen LogP contribution in [0.15, 0.2) is 36.5 Å². The predicted octanol–water partition coefficient (Wildman–Crippen LogP) is 3.17. The molecule has 1 heterocycles. The van der Waals surface area contributed by atoms with E-state index in [9.17, 15) is 4.79 Å². The number of hydrogen-bond donors (Lipinski definition) is 2. The second kappa shape index (κ2) is 8.03. The van der Waals surface area contributed by atoms with E-state index in [0.29, 0.717) is 36.0 Å². The van der Waals surface area contributed by atoms with Crippen LogP contribution in [0.5, 0.6) is 11.5 Å². The van der Waals surface area contributed by atoms with Gasteiger partial charge < -0.3 is 20.1 Å². The first-order valence-corrected chi connectivity index (χ1v) is 7.52. The monoisotopic (exact) mass is 315 g/mol. The molecule has 23 heavy (non-hydrogen) atoms. The molecular weight excluding hydrogens is 294 g/mol. The van der Waals surface area contributed by atoms with E-state index in [0.717, 1.165) is 5.82 Å². The van der Waals surface area contributed by atoms with E-state index in [-0.39, 0.29) is 5.91 Å². The van der Waals surface area contributed by atoms with Crippen molar-refractivity contribution in [3.63, 3.8) is 0 Å². The predicted molar refractivity (Wildman–Crippen MR) is 90.5 cm³/mol. The molecule has 0 unspecified atom stereocenters. The second-order valence-electron chi connectivity index (χ2n) is 4.66. The molecule has 1 amide bonds. The van der Waals surface area contributed by atoms with Gasteiger partial charge >= 0.3 is 0 Å². The van der Waals surface area contributed by atoms with Crippen molar-refractivity contribution in [2.45, 2.75) is 13.8 Å². The lowest BCUT2D eigenvalue weighted by Gasteiger charge is -2.12. The Balaban J connectivity index is 2.15. The number of carbonyl (C=O) groups is 1. The number of nitrogens with one attached hydrogen (secondary N) is 2. The fourth-order valence-corrected chi connectivity index (χ4v) is 2.01. The van der Waals surface area contributed by atoms with Crippen LogP contribution in [0.1, 0.15) is 24.2 Å². The first-order valence-electron chi connectivity index (χ1n) is 7.52. The maximum Gasteiger partial charge on any atom is 0.255 e. The summed E-state index contributed by atoms with van der Waals surface area (Å²) in [7, 11) is 1.79. The van der Waals surface area contributed by atoms with Crippen molar-refractivity contribution in [3.8, 4) is 11.5 Å². The average molecular weight is 315 g/mol. The first kappa shape index (κ1) is 16.6. The fourth-order valence-electron chi connectivity index (χ4n) is 2.01. The zero-order valence-electron chi connectivity index (χ0n) is 13.6. The Labute approximate surface area is 135 Å². The van der Waals surface area contributed by atoms with E-state index >= 15 is 0 Å². The van der Waals surface area contributed by atoms with Gasteiger partial charge in [-0.25, -0.2) is 4.98 Å². The van der Waals surface area contributed by atoms with E-state index in [4.69, 9.17) is 9.47 Å². The maximum atomic E-state index is 12.3. The number of hydrogen-bond acceptors (Lipinski definition) is 5. The van der Waals surface area contributed by atoms with Crippen LogP contribution in [0.25, 0.3) is 0 Å². The van der Waals surface area contributed by atoms with Crippen molar-refractivity contribution in [3.05, 3.63) is 42.1 Å². The van der Waals surface area contributed by atoms with Crippen molar-refractivity contribution in [1.29, 1.82) is 0 Å². The molecule has 2 N–H and O–H groups in total. The minimum atomic E-state index is -0.229. The Kier molecular flexibility index (Phi) is 5.80. The van der Waals surface area contributed by atoms with Crippen molar-refractivity contribution < 1.29 is 14.3 Å². The number of amides is 1. The second-order valence-corrected chi connectivity index (χ2v) is 4.66. The molecular formula is C17H21N3O3. The van der Waals surface area contributed by atoms with Crippen LogP contribution >= 0.6 is 0 Å². The summed E-state index contributed by atoms with van der Waals surface area (Å²) in [4.78, 5) is 16.5. The van der Waals surface area contributed by atoms with Crippen molar-refractivity contribution in [1.82, 2.24) is 4.98 Å². The number of benzene rings is 1. The first-order chi connectivity index (χ1) is 11.2. The Bertz CT molecular complexity index is 657. The highest BCUT2D eigenvalue weighted by Gasteiger charge is 2.12. The summed E-state index contributed by atoms with van der Waals surface area (Å²) in [5.41, 5.74) is 1.12. The Hall–Kier alpha value is -2.76. The SMILES string of the molecule is CCOc1ccc(C(=O)Nc2ccc(NC)nc2)cc1OCC. The lowest BCUT2D eigenvalue weighted by Crippen LogP contribution is -2.12. The van der Waals surface area contributed by atoms with E-state index in [1.807, 2.05) is 13.8 Å². The van der Waals surface area contributed by atoms with E-state index < -0.39 is 0 Å². The molecule has 6 heteroatoms. The molecule has 0 aliphatic carbocycles. The van der Waals surface area contributed by atoms with Crippen LogP contribution in [0, 0.1) is 0 Å². The summed E-state index contributed by atoms with van der Waals surface area (Å²) in [6, 6.07) is 8.71. The minimum Gasteiger partial charge on any atom is -0.490 e. The van der Waals surface area contributed by atoms with Gasteiger partial charge in [0.2, 0.25) is 0 Å². The van der Waals surface area contributed by atoms with Gasteiger partial charge in [-0.1, -0.05) is 0 Å². The van der Waals surface area contributed by atoms with Crippen LogP contribution in [-0.4, -0.2) is 31.2 Å². The molecule has 0 saturated carbocycles. The van der Waals surface area contributed by atoms with Crippen molar-refractivity contribution >= 4 is 17.4 Å². The van der Waals surface area contributed by atoms with Gasteiger partial charge in [-0.05, 0) is 44.2 Å². The number of anilines is 2. The molecule has 0 radical (unpaired) electrons.